The van der Waals surface area contributed by atoms with Crippen molar-refractivity contribution in [2.45, 2.75) is 0 Å². The monoisotopic (exact) mass is 301 g/mol. The molecular weight excluding hydrogens is 290 g/mol. The molecule has 0 atom stereocenters. The highest BCUT2D eigenvalue weighted by molar-refractivity contribution is 6.33. The number of carbonyl (C=O) groups excluding carboxylic acids is 1. The van der Waals surface area contributed by atoms with E-state index >= 15 is 0 Å². The SMILES string of the molecule is COC(=O)c1cccc(N)c1Nc1cc(C#N)ccc1Cl. The molecule has 0 aliphatic carbocycles. The molecular formula is C15H12ClN3O2. The lowest BCUT2D eigenvalue weighted by Gasteiger charge is -2.14. The molecule has 21 heavy (non-hydrogen) atoms. The minimum atomic E-state index is -0.516. The van der Waals surface area contributed by atoms with Gasteiger partial charge >= 0.3 is 5.97 Å². The second-order valence-corrected chi connectivity index (χ2v) is 4.60. The summed E-state index contributed by atoms with van der Waals surface area (Å²) in [6.45, 7) is 0. The smallest absolute Gasteiger partial charge is 0.340 e. The zero-order valence-corrected chi connectivity index (χ0v) is 11.9. The minimum absolute atomic E-state index is 0.288. The molecule has 0 aromatic heterocycles. The molecule has 6 heteroatoms. The number of methoxy groups -OCH3 is 1. The van der Waals surface area contributed by atoms with Gasteiger partial charge in [0.25, 0.3) is 0 Å². The highest BCUT2D eigenvalue weighted by Gasteiger charge is 2.15. The van der Waals surface area contributed by atoms with Crippen LogP contribution in [0.3, 0.4) is 0 Å². The Balaban J connectivity index is 2.49. The van der Waals surface area contributed by atoms with Gasteiger partial charge in [-0.3, -0.25) is 0 Å². The average Bonchev–Trinajstić information content (AvgIpc) is 2.50. The Kier molecular flexibility index (Phi) is 4.31. The van der Waals surface area contributed by atoms with Crippen molar-refractivity contribution in [1.82, 2.24) is 0 Å². The van der Waals surface area contributed by atoms with Gasteiger partial charge in [-0.15, -0.1) is 0 Å². The molecule has 106 valence electrons. The number of nitrogens with zero attached hydrogens (tertiary/aromatic N) is 1. The molecule has 0 radical (unpaired) electrons. The van der Waals surface area contributed by atoms with E-state index in [9.17, 15) is 4.79 Å². The minimum Gasteiger partial charge on any atom is -0.465 e. The van der Waals surface area contributed by atoms with Crippen LogP contribution in [0.1, 0.15) is 15.9 Å². The third kappa shape index (κ3) is 3.07. The van der Waals surface area contributed by atoms with Crippen molar-refractivity contribution >= 4 is 34.6 Å². The number of hydrogen-bond donors (Lipinski definition) is 2. The van der Waals surface area contributed by atoms with E-state index in [1.165, 1.54) is 7.11 Å². The number of nitrogens with one attached hydrogen (secondary N) is 1. The van der Waals surface area contributed by atoms with Crippen molar-refractivity contribution in [2.24, 2.45) is 0 Å². The maximum atomic E-state index is 11.8. The number of carbonyl (C=O) groups is 1. The van der Waals surface area contributed by atoms with Crippen LogP contribution in [-0.2, 0) is 4.74 Å². The topological polar surface area (TPSA) is 88.1 Å². The van der Waals surface area contributed by atoms with Crippen LogP contribution < -0.4 is 11.1 Å². The van der Waals surface area contributed by atoms with Crippen LogP contribution in [-0.4, -0.2) is 13.1 Å². The summed E-state index contributed by atoms with van der Waals surface area (Å²) < 4.78 is 4.72. The van der Waals surface area contributed by atoms with Crippen LogP contribution in [0, 0.1) is 11.3 Å². The lowest BCUT2D eigenvalue weighted by Crippen LogP contribution is -2.08. The number of benzene rings is 2. The number of nitrogen functional groups attached to an aromatic ring is 1. The molecule has 0 aliphatic heterocycles. The molecule has 5 nitrogen and oxygen atoms in total. The summed E-state index contributed by atoms with van der Waals surface area (Å²) in [5, 5.41) is 12.3. The van der Waals surface area contributed by atoms with Crippen molar-refractivity contribution in [3.63, 3.8) is 0 Å². The quantitative estimate of drug-likeness (QED) is 0.670. The van der Waals surface area contributed by atoms with Gasteiger partial charge in [-0.1, -0.05) is 17.7 Å². The normalized spacial score (nSPS) is 9.76. The fourth-order valence-electron chi connectivity index (χ4n) is 1.82. The van der Waals surface area contributed by atoms with Crippen LogP contribution >= 0.6 is 11.6 Å². The van der Waals surface area contributed by atoms with Crippen LogP contribution in [0.2, 0.25) is 5.02 Å². The first kappa shape index (κ1) is 14.7. The maximum absolute atomic E-state index is 11.8. The number of ether oxygens (including phenoxy) is 1. The van der Waals surface area contributed by atoms with E-state index in [4.69, 9.17) is 27.3 Å². The lowest BCUT2D eigenvalue weighted by molar-refractivity contribution is 0.0602. The first-order valence-corrected chi connectivity index (χ1v) is 6.38. The van der Waals surface area contributed by atoms with Crippen molar-refractivity contribution in [2.75, 3.05) is 18.2 Å². The van der Waals surface area contributed by atoms with Gasteiger partial charge in [-0.2, -0.15) is 5.26 Å². The van der Waals surface area contributed by atoms with Crippen molar-refractivity contribution < 1.29 is 9.53 Å². The number of nitriles is 1. The molecule has 0 unspecified atom stereocenters. The highest BCUT2D eigenvalue weighted by Crippen LogP contribution is 2.32. The summed E-state index contributed by atoms with van der Waals surface area (Å²) >= 11 is 6.09. The Morgan fingerprint density at radius 2 is 2.14 bits per heavy atom. The molecule has 2 rings (SSSR count). The van der Waals surface area contributed by atoms with Gasteiger partial charge < -0.3 is 15.8 Å². The van der Waals surface area contributed by atoms with Crippen molar-refractivity contribution in [3.05, 3.63) is 52.5 Å². The van der Waals surface area contributed by atoms with E-state index in [1.807, 2.05) is 6.07 Å². The summed E-state index contributed by atoms with van der Waals surface area (Å²) in [5.74, 6) is -0.516. The van der Waals surface area contributed by atoms with E-state index in [-0.39, 0.29) is 5.56 Å². The van der Waals surface area contributed by atoms with Gasteiger partial charge in [0.05, 0.1) is 46.4 Å². The third-order valence-electron chi connectivity index (χ3n) is 2.86. The van der Waals surface area contributed by atoms with E-state index < -0.39 is 5.97 Å². The largest absolute Gasteiger partial charge is 0.465 e. The summed E-state index contributed by atoms with van der Waals surface area (Å²) in [6, 6.07) is 11.7. The standard InChI is InChI=1S/C15H12ClN3O2/c1-21-15(20)10-3-2-4-12(18)14(10)19-13-7-9(8-17)5-6-11(13)16/h2-7,19H,18H2,1H3. The Bertz CT molecular complexity index is 738. The van der Waals surface area contributed by atoms with Gasteiger partial charge in [-0.25, -0.2) is 4.79 Å². The summed E-state index contributed by atoms with van der Waals surface area (Å²) in [7, 11) is 1.29. The van der Waals surface area contributed by atoms with E-state index in [2.05, 4.69) is 5.32 Å². The molecule has 3 N–H and O–H groups in total. The van der Waals surface area contributed by atoms with Gasteiger partial charge in [0, 0.05) is 0 Å². The lowest BCUT2D eigenvalue weighted by atomic mass is 10.1. The van der Waals surface area contributed by atoms with Gasteiger partial charge in [-0.05, 0) is 30.3 Å². The number of para-hydroxylation sites is 1. The number of anilines is 3. The number of rotatable bonds is 3. The van der Waals surface area contributed by atoms with E-state index in [0.29, 0.717) is 27.6 Å². The first-order valence-electron chi connectivity index (χ1n) is 6.00. The van der Waals surface area contributed by atoms with Crippen molar-refractivity contribution in [3.8, 4) is 6.07 Å². The first-order chi connectivity index (χ1) is 10.1. The fourth-order valence-corrected chi connectivity index (χ4v) is 1.98. The molecule has 0 saturated heterocycles. The number of esters is 1. The second-order valence-electron chi connectivity index (χ2n) is 4.19. The summed E-state index contributed by atoms with van der Waals surface area (Å²) in [6.07, 6.45) is 0. The van der Waals surface area contributed by atoms with Gasteiger partial charge in [0.1, 0.15) is 0 Å². The molecule has 0 heterocycles. The van der Waals surface area contributed by atoms with Crippen LogP contribution in [0.4, 0.5) is 17.1 Å². The second kappa shape index (κ2) is 6.16. The number of hydrogen-bond acceptors (Lipinski definition) is 5. The van der Waals surface area contributed by atoms with Crippen LogP contribution in [0.25, 0.3) is 0 Å². The Labute approximate surface area is 126 Å². The van der Waals surface area contributed by atoms with Gasteiger partial charge in [0.2, 0.25) is 0 Å². The number of halogens is 1. The average molecular weight is 302 g/mol. The Morgan fingerprint density at radius 3 is 2.81 bits per heavy atom. The highest BCUT2D eigenvalue weighted by atomic mass is 35.5. The van der Waals surface area contributed by atoms with E-state index in [0.717, 1.165) is 0 Å². The van der Waals surface area contributed by atoms with Gasteiger partial charge in [0.15, 0.2) is 0 Å². The molecule has 2 aromatic carbocycles. The van der Waals surface area contributed by atoms with Crippen molar-refractivity contribution in [1.29, 1.82) is 5.26 Å². The number of nitrogens with two attached hydrogens (primary N) is 1. The Hall–Kier alpha value is -2.71. The molecule has 0 fully saturated rings. The fraction of sp³-hybridized carbons (Fsp3) is 0.0667. The predicted octanol–water partition coefficient (Wildman–Crippen LogP) is 3.32. The van der Waals surface area contributed by atoms with Crippen LogP contribution in [0.5, 0.6) is 0 Å². The molecule has 2 aromatic rings. The molecule has 0 bridgehead atoms. The predicted molar refractivity (Wildman–Crippen MR) is 81.6 cm³/mol. The zero-order chi connectivity index (χ0) is 15.4. The third-order valence-corrected chi connectivity index (χ3v) is 3.19. The van der Waals surface area contributed by atoms with Crippen LogP contribution in [0.15, 0.2) is 36.4 Å². The van der Waals surface area contributed by atoms with E-state index in [1.54, 1.807) is 36.4 Å². The molecule has 0 amide bonds. The summed E-state index contributed by atoms with van der Waals surface area (Å²) in [4.78, 5) is 11.8. The Morgan fingerprint density at radius 1 is 1.38 bits per heavy atom. The maximum Gasteiger partial charge on any atom is 0.340 e. The molecule has 0 spiro atoms. The molecule has 0 saturated carbocycles. The molecule has 0 aliphatic rings. The summed E-state index contributed by atoms with van der Waals surface area (Å²) in [5.41, 5.74) is 7.88. The zero-order valence-electron chi connectivity index (χ0n) is 11.2.